The molecule has 3 aromatic carbocycles. The van der Waals surface area contributed by atoms with Crippen molar-refractivity contribution in [1.82, 2.24) is 0 Å². The van der Waals surface area contributed by atoms with E-state index in [9.17, 15) is 4.79 Å². The van der Waals surface area contributed by atoms with Crippen molar-refractivity contribution < 1.29 is 19.0 Å². The van der Waals surface area contributed by atoms with E-state index in [4.69, 9.17) is 25.8 Å². The van der Waals surface area contributed by atoms with E-state index in [-0.39, 0.29) is 0 Å². The van der Waals surface area contributed by atoms with Crippen molar-refractivity contribution in [2.24, 2.45) is 0 Å². The second-order valence-electron chi connectivity index (χ2n) is 5.41. The van der Waals surface area contributed by atoms with Crippen LogP contribution in [0.25, 0.3) is 11.1 Å². The molecule has 0 amide bonds. The molecule has 1 atom stereocenters. The summed E-state index contributed by atoms with van der Waals surface area (Å²) in [6, 6.07) is 23.8. The van der Waals surface area contributed by atoms with Crippen LogP contribution in [0, 0.1) is 0 Å². The van der Waals surface area contributed by atoms with Crippen LogP contribution < -0.4 is 9.47 Å². The van der Waals surface area contributed by atoms with E-state index >= 15 is 0 Å². The smallest absolute Gasteiger partial charge is 0.389 e. The van der Waals surface area contributed by atoms with Gasteiger partial charge in [0.1, 0.15) is 11.5 Å². The fourth-order valence-corrected chi connectivity index (χ4v) is 2.52. The summed E-state index contributed by atoms with van der Waals surface area (Å²) >= 11 is 5.88. The molecule has 4 nitrogen and oxygen atoms in total. The number of rotatable bonds is 6. The minimum absolute atomic E-state index is 0.446. The van der Waals surface area contributed by atoms with Crippen molar-refractivity contribution in [1.29, 1.82) is 0 Å². The van der Waals surface area contributed by atoms with Crippen molar-refractivity contribution >= 4 is 17.6 Å². The lowest BCUT2D eigenvalue weighted by atomic mass is 10.1. The van der Waals surface area contributed by atoms with Gasteiger partial charge in [0, 0.05) is 10.6 Å². The summed E-state index contributed by atoms with van der Waals surface area (Å²) in [5, 5.41) is 0.572. The largest absolute Gasteiger partial charge is 0.463 e. The average molecular weight is 369 g/mol. The van der Waals surface area contributed by atoms with Crippen LogP contribution in [0.15, 0.2) is 78.9 Å². The number of benzene rings is 3. The summed E-state index contributed by atoms with van der Waals surface area (Å²) in [5.41, 5.74) is 1.82. The topological polar surface area (TPSA) is 44.8 Å². The van der Waals surface area contributed by atoms with Gasteiger partial charge in [-0.25, -0.2) is 4.79 Å². The first-order valence-electron chi connectivity index (χ1n) is 7.98. The van der Waals surface area contributed by atoms with E-state index < -0.39 is 12.3 Å². The third-order valence-electron chi connectivity index (χ3n) is 3.66. The number of hydrogen-bond donors (Lipinski definition) is 0. The first kappa shape index (κ1) is 17.8. The van der Waals surface area contributed by atoms with E-state index in [0.717, 1.165) is 11.1 Å². The van der Waals surface area contributed by atoms with Gasteiger partial charge in [0.2, 0.25) is 0 Å². The Morgan fingerprint density at radius 2 is 1.50 bits per heavy atom. The highest BCUT2D eigenvalue weighted by Gasteiger charge is 2.25. The Balaban J connectivity index is 1.88. The summed E-state index contributed by atoms with van der Waals surface area (Å²) in [7, 11) is 1.28. The standard InChI is InChI=1S/C21H17ClO4/c1-24-20(23)21(25-17-13-11-16(22)12-14-17)26-19-10-6-5-9-18(19)15-7-3-2-4-8-15/h2-14,21H,1H3. The molecule has 5 heteroatoms. The summed E-state index contributed by atoms with van der Waals surface area (Å²) in [4.78, 5) is 12.1. The van der Waals surface area contributed by atoms with Gasteiger partial charge in [-0.05, 0) is 35.9 Å². The minimum atomic E-state index is -1.24. The second-order valence-corrected chi connectivity index (χ2v) is 5.84. The molecule has 0 saturated carbocycles. The highest BCUT2D eigenvalue weighted by molar-refractivity contribution is 6.30. The lowest BCUT2D eigenvalue weighted by molar-refractivity contribution is -0.162. The Kier molecular flexibility index (Phi) is 5.77. The summed E-state index contributed by atoms with van der Waals surface area (Å²) in [6.07, 6.45) is -1.24. The average Bonchev–Trinajstić information content (AvgIpc) is 2.69. The molecule has 0 aliphatic carbocycles. The summed E-state index contributed by atoms with van der Waals surface area (Å²) in [5.74, 6) is 0.327. The monoisotopic (exact) mass is 368 g/mol. The number of hydrogen-bond acceptors (Lipinski definition) is 4. The second kappa shape index (κ2) is 8.41. The third kappa shape index (κ3) is 4.35. The molecule has 0 bridgehead atoms. The number of carbonyl (C=O) groups excluding carboxylic acids is 1. The zero-order chi connectivity index (χ0) is 18.4. The maximum atomic E-state index is 12.1. The molecule has 3 aromatic rings. The van der Waals surface area contributed by atoms with Gasteiger partial charge in [-0.15, -0.1) is 0 Å². The van der Waals surface area contributed by atoms with Crippen LogP contribution in [-0.2, 0) is 9.53 Å². The van der Waals surface area contributed by atoms with Gasteiger partial charge in [0.05, 0.1) is 7.11 Å². The maximum Gasteiger partial charge on any atom is 0.389 e. The van der Waals surface area contributed by atoms with E-state index in [1.807, 2.05) is 48.5 Å². The molecule has 0 fully saturated rings. The fraction of sp³-hybridized carbons (Fsp3) is 0.0952. The maximum absolute atomic E-state index is 12.1. The number of para-hydroxylation sites is 1. The molecule has 3 rings (SSSR count). The minimum Gasteiger partial charge on any atom is -0.463 e. The molecule has 0 aromatic heterocycles. The van der Waals surface area contributed by atoms with Crippen molar-refractivity contribution in [2.75, 3.05) is 7.11 Å². The zero-order valence-corrected chi connectivity index (χ0v) is 14.8. The number of methoxy groups -OCH3 is 1. The van der Waals surface area contributed by atoms with Gasteiger partial charge in [-0.3, -0.25) is 0 Å². The lowest BCUT2D eigenvalue weighted by Gasteiger charge is -2.20. The predicted octanol–water partition coefficient (Wildman–Crippen LogP) is 4.96. The number of ether oxygens (including phenoxy) is 3. The molecule has 1 unspecified atom stereocenters. The van der Waals surface area contributed by atoms with E-state index in [1.165, 1.54) is 7.11 Å². The number of halogens is 1. The van der Waals surface area contributed by atoms with Crippen LogP contribution in [0.3, 0.4) is 0 Å². The van der Waals surface area contributed by atoms with Crippen LogP contribution >= 0.6 is 11.6 Å². The third-order valence-corrected chi connectivity index (χ3v) is 3.91. The molecule has 0 heterocycles. The van der Waals surface area contributed by atoms with Crippen molar-refractivity contribution in [3.8, 4) is 22.6 Å². The first-order valence-corrected chi connectivity index (χ1v) is 8.36. The Hall–Kier alpha value is -2.98. The Morgan fingerprint density at radius 3 is 2.19 bits per heavy atom. The summed E-state index contributed by atoms with van der Waals surface area (Å²) in [6.45, 7) is 0. The fourth-order valence-electron chi connectivity index (χ4n) is 2.39. The molecule has 0 radical (unpaired) electrons. The Labute approximate surface area is 156 Å². The van der Waals surface area contributed by atoms with Gasteiger partial charge in [-0.2, -0.15) is 0 Å². The van der Waals surface area contributed by atoms with Crippen LogP contribution in [0.1, 0.15) is 0 Å². The normalized spacial score (nSPS) is 11.5. The van der Waals surface area contributed by atoms with Crippen LogP contribution in [0.5, 0.6) is 11.5 Å². The molecule has 0 N–H and O–H groups in total. The van der Waals surface area contributed by atoms with E-state index in [0.29, 0.717) is 16.5 Å². The van der Waals surface area contributed by atoms with E-state index in [2.05, 4.69) is 0 Å². The SMILES string of the molecule is COC(=O)C(Oc1ccc(Cl)cc1)Oc1ccccc1-c1ccccc1. The number of carbonyl (C=O) groups is 1. The molecular weight excluding hydrogens is 352 g/mol. The molecule has 0 saturated heterocycles. The lowest BCUT2D eigenvalue weighted by Crippen LogP contribution is -2.34. The van der Waals surface area contributed by atoms with Crippen molar-refractivity contribution in [3.05, 3.63) is 83.9 Å². The highest BCUT2D eigenvalue weighted by atomic mass is 35.5. The number of esters is 1. The van der Waals surface area contributed by atoms with Gasteiger partial charge < -0.3 is 14.2 Å². The molecule has 26 heavy (non-hydrogen) atoms. The first-order chi connectivity index (χ1) is 12.7. The van der Waals surface area contributed by atoms with Gasteiger partial charge in [0.25, 0.3) is 0 Å². The molecule has 0 aliphatic heterocycles. The van der Waals surface area contributed by atoms with Crippen molar-refractivity contribution in [2.45, 2.75) is 6.29 Å². The van der Waals surface area contributed by atoms with Gasteiger partial charge >= 0.3 is 12.3 Å². The molecule has 0 spiro atoms. The Morgan fingerprint density at radius 1 is 0.846 bits per heavy atom. The molecule has 132 valence electrons. The molecular formula is C21H17ClO4. The van der Waals surface area contributed by atoms with E-state index in [1.54, 1.807) is 30.3 Å². The Bertz CT molecular complexity index is 863. The van der Waals surface area contributed by atoms with Crippen LogP contribution in [0.4, 0.5) is 0 Å². The molecule has 0 aliphatic rings. The van der Waals surface area contributed by atoms with Gasteiger partial charge in [-0.1, -0.05) is 60.1 Å². The quantitative estimate of drug-likeness (QED) is 0.455. The van der Waals surface area contributed by atoms with Crippen molar-refractivity contribution in [3.63, 3.8) is 0 Å². The zero-order valence-electron chi connectivity index (χ0n) is 14.1. The summed E-state index contributed by atoms with van der Waals surface area (Å²) < 4.78 is 16.3. The van der Waals surface area contributed by atoms with Gasteiger partial charge in [0.15, 0.2) is 0 Å². The highest BCUT2D eigenvalue weighted by Crippen LogP contribution is 2.31. The van der Waals surface area contributed by atoms with Crippen LogP contribution in [-0.4, -0.2) is 19.4 Å². The predicted molar refractivity (Wildman–Crippen MR) is 100 cm³/mol. The van der Waals surface area contributed by atoms with Crippen LogP contribution in [0.2, 0.25) is 5.02 Å².